The van der Waals surface area contributed by atoms with E-state index in [1.165, 1.54) is 30.2 Å². The SMILES string of the molecule is CCCn1c(SCC(=O)Nc2ccsc2C(=O)OC)nnc1-c1ccncc1. The summed E-state index contributed by atoms with van der Waals surface area (Å²) in [5.41, 5.74) is 1.38. The highest BCUT2D eigenvalue weighted by Gasteiger charge is 2.18. The molecule has 28 heavy (non-hydrogen) atoms. The van der Waals surface area contributed by atoms with Gasteiger partial charge < -0.3 is 14.6 Å². The van der Waals surface area contributed by atoms with Gasteiger partial charge in [-0.15, -0.1) is 21.5 Å². The third-order valence-corrected chi connectivity index (χ3v) is 5.61. The van der Waals surface area contributed by atoms with Crippen LogP contribution in [0.15, 0.2) is 41.1 Å². The van der Waals surface area contributed by atoms with Gasteiger partial charge in [-0.3, -0.25) is 9.78 Å². The van der Waals surface area contributed by atoms with Crippen LogP contribution in [0.25, 0.3) is 11.4 Å². The first-order valence-corrected chi connectivity index (χ1v) is 10.4. The minimum Gasteiger partial charge on any atom is -0.465 e. The number of nitrogens with one attached hydrogen (secondary N) is 1. The minimum atomic E-state index is -0.470. The maximum atomic E-state index is 12.3. The highest BCUT2D eigenvalue weighted by molar-refractivity contribution is 7.99. The van der Waals surface area contributed by atoms with Crippen LogP contribution < -0.4 is 5.32 Å². The van der Waals surface area contributed by atoms with Crippen molar-refractivity contribution in [2.75, 3.05) is 18.2 Å². The molecule has 146 valence electrons. The van der Waals surface area contributed by atoms with Crippen molar-refractivity contribution >= 4 is 40.7 Å². The minimum absolute atomic E-state index is 0.147. The fraction of sp³-hybridized carbons (Fsp3) is 0.278. The number of ether oxygens (including phenoxy) is 1. The number of carbonyl (C=O) groups excluding carboxylic acids is 2. The normalized spacial score (nSPS) is 10.6. The van der Waals surface area contributed by atoms with Crippen LogP contribution in [0.5, 0.6) is 0 Å². The van der Waals surface area contributed by atoms with Gasteiger partial charge in [0.15, 0.2) is 11.0 Å². The van der Waals surface area contributed by atoms with E-state index in [9.17, 15) is 9.59 Å². The Morgan fingerprint density at radius 1 is 1.25 bits per heavy atom. The fourth-order valence-electron chi connectivity index (χ4n) is 2.51. The van der Waals surface area contributed by atoms with Crippen LogP contribution in [0.2, 0.25) is 0 Å². The molecule has 1 N–H and O–H groups in total. The van der Waals surface area contributed by atoms with Gasteiger partial charge in [0.05, 0.1) is 18.6 Å². The Morgan fingerprint density at radius 3 is 2.75 bits per heavy atom. The van der Waals surface area contributed by atoms with E-state index in [-0.39, 0.29) is 11.7 Å². The van der Waals surface area contributed by atoms with Crippen LogP contribution >= 0.6 is 23.1 Å². The second-order valence-corrected chi connectivity index (χ2v) is 7.54. The van der Waals surface area contributed by atoms with Crippen LogP contribution in [0.1, 0.15) is 23.0 Å². The summed E-state index contributed by atoms with van der Waals surface area (Å²) in [7, 11) is 1.31. The molecule has 3 aromatic rings. The first kappa shape index (κ1) is 20.0. The van der Waals surface area contributed by atoms with E-state index >= 15 is 0 Å². The monoisotopic (exact) mass is 417 g/mol. The lowest BCUT2D eigenvalue weighted by Gasteiger charge is -2.09. The molecule has 0 aliphatic rings. The zero-order chi connectivity index (χ0) is 19.9. The quantitative estimate of drug-likeness (QED) is 0.443. The first-order valence-electron chi connectivity index (χ1n) is 8.56. The molecule has 10 heteroatoms. The molecule has 1 amide bonds. The number of methoxy groups -OCH3 is 1. The summed E-state index contributed by atoms with van der Waals surface area (Å²) in [4.78, 5) is 28.5. The zero-order valence-corrected chi connectivity index (χ0v) is 17.0. The van der Waals surface area contributed by atoms with Crippen LogP contribution in [0, 0.1) is 0 Å². The molecule has 0 fully saturated rings. The Hall–Kier alpha value is -2.72. The predicted octanol–water partition coefficient (Wildman–Crippen LogP) is 3.33. The van der Waals surface area contributed by atoms with Crippen molar-refractivity contribution in [3.63, 3.8) is 0 Å². The van der Waals surface area contributed by atoms with Gasteiger partial charge in [0.25, 0.3) is 0 Å². The average molecular weight is 418 g/mol. The summed E-state index contributed by atoms with van der Waals surface area (Å²) in [6.45, 7) is 2.81. The van der Waals surface area contributed by atoms with Gasteiger partial charge >= 0.3 is 5.97 Å². The number of esters is 1. The van der Waals surface area contributed by atoms with E-state index in [2.05, 4.69) is 27.4 Å². The second kappa shape index (κ2) is 9.47. The molecule has 3 rings (SSSR count). The molecule has 0 aromatic carbocycles. The lowest BCUT2D eigenvalue weighted by Crippen LogP contribution is -2.16. The molecule has 0 atom stereocenters. The third-order valence-electron chi connectivity index (χ3n) is 3.75. The number of hydrogen-bond acceptors (Lipinski definition) is 8. The first-order chi connectivity index (χ1) is 13.6. The summed E-state index contributed by atoms with van der Waals surface area (Å²) in [6, 6.07) is 5.44. The van der Waals surface area contributed by atoms with Crippen molar-refractivity contribution in [2.45, 2.75) is 25.0 Å². The number of aromatic nitrogens is 4. The van der Waals surface area contributed by atoms with Gasteiger partial charge in [0.1, 0.15) is 4.88 Å². The van der Waals surface area contributed by atoms with Crippen LogP contribution in [0.4, 0.5) is 5.69 Å². The van der Waals surface area contributed by atoms with Gasteiger partial charge in [0, 0.05) is 24.5 Å². The number of pyridine rings is 1. The number of anilines is 1. The van der Waals surface area contributed by atoms with Crippen molar-refractivity contribution in [3.8, 4) is 11.4 Å². The van der Waals surface area contributed by atoms with Gasteiger partial charge in [-0.05, 0) is 30.0 Å². The topological polar surface area (TPSA) is 99.0 Å². The molecular formula is C18H19N5O3S2. The highest BCUT2D eigenvalue weighted by Crippen LogP contribution is 2.26. The third kappa shape index (κ3) is 4.57. The average Bonchev–Trinajstić information content (AvgIpc) is 3.34. The molecule has 8 nitrogen and oxygen atoms in total. The molecule has 0 bridgehead atoms. The largest absolute Gasteiger partial charge is 0.465 e. The van der Waals surface area contributed by atoms with Crippen molar-refractivity contribution in [3.05, 3.63) is 40.8 Å². The number of amides is 1. The lowest BCUT2D eigenvalue weighted by atomic mass is 10.2. The number of carbonyl (C=O) groups is 2. The van der Waals surface area contributed by atoms with Gasteiger partial charge in [0.2, 0.25) is 5.91 Å². The molecule has 0 spiro atoms. The fourth-order valence-corrected chi connectivity index (χ4v) is 4.04. The molecule has 0 saturated heterocycles. The molecule has 3 heterocycles. The van der Waals surface area contributed by atoms with Crippen molar-refractivity contribution < 1.29 is 14.3 Å². The molecule has 3 aromatic heterocycles. The van der Waals surface area contributed by atoms with Crippen molar-refractivity contribution in [2.24, 2.45) is 0 Å². The zero-order valence-electron chi connectivity index (χ0n) is 15.4. The van der Waals surface area contributed by atoms with Crippen molar-refractivity contribution in [1.82, 2.24) is 19.7 Å². The van der Waals surface area contributed by atoms with E-state index in [1.54, 1.807) is 23.8 Å². The number of thiophene rings is 1. The van der Waals surface area contributed by atoms with Gasteiger partial charge in [-0.25, -0.2) is 4.79 Å². The highest BCUT2D eigenvalue weighted by atomic mass is 32.2. The summed E-state index contributed by atoms with van der Waals surface area (Å²) in [6.07, 6.45) is 4.33. The molecular weight excluding hydrogens is 398 g/mol. The predicted molar refractivity (Wildman–Crippen MR) is 109 cm³/mol. The number of nitrogens with zero attached hydrogens (tertiary/aromatic N) is 4. The summed E-state index contributed by atoms with van der Waals surface area (Å²) in [5, 5.41) is 13.7. The Balaban J connectivity index is 1.69. The van der Waals surface area contributed by atoms with E-state index in [0.717, 1.165) is 24.4 Å². The standard InChI is InChI=1S/C18H19N5O3S2/c1-3-9-23-16(12-4-7-19-8-5-12)21-22-18(23)28-11-14(24)20-13-6-10-27-15(13)17(25)26-2/h4-8,10H,3,9,11H2,1-2H3,(H,20,24). The van der Waals surface area contributed by atoms with Gasteiger partial charge in [-0.2, -0.15) is 0 Å². The molecule has 0 aliphatic carbocycles. The summed E-state index contributed by atoms with van der Waals surface area (Å²) < 4.78 is 6.72. The molecule has 0 unspecified atom stereocenters. The smallest absolute Gasteiger partial charge is 0.350 e. The van der Waals surface area contributed by atoms with Crippen LogP contribution in [-0.2, 0) is 16.1 Å². The van der Waals surface area contributed by atoms with Gasteiger partial charge in [-0.1, -0.05) is 18.7 Å². The number of rotatable bonds is 8. The Morgan fingerprint density at radius 2 is 2.04 bits per heavy atom. The second-order valence-electron chi connectivity index (χ2n) is 5.69. The molecule has 0 aliphatic heterocycles. The summed E-state index contributed by atoms with van der Waals surface area (Å²) in [5.74, 6) is 0.194. The van der Waals surface area contributed by atoms with E-state index in [0.29, 0.717) is 15.7 Å². The van der Waals surface area contributed by atoms with Crippen LogP contribution in [0.3, 0.4) is 0 Å². The van der Waals surface area contributed by atoms with Crippen LogP contribution in [-0.4, -0.2) is 44.5 Å². The van der Waals surface area contributed by atoms with E-state index in [4.69, 9.17) is 4.74 Å². The number of hydrogen-bond donors (Lipinski definition) is 1. The Labute approximate surface area is 170 Å². The maximum absolute atomic E-state index is 12.3. The maximum Gasteiger partial charge on any atom is 0.350 e. The Kier molecular flexibility index (Phi) is 6.77. The summed E-state index contributed by atoms with van der Waals surface area (Å²) >= 11 is 2.52. The van der Waals surface area contributed by atoms with E-state index in [1.807, 2.05) is 16.7 Å². The Bertz CT molecular complexity index is 955. The van der Waals surface area contributed by atoms with Crippen molar-refractivity contribution in [1.29, 1.82) is 0 Å². The lowest BCUT2D eigenvalue weighted by molar-refractivity contribution is -0.113. The molecule has 0 saturated carbocycles. The van der Waals surface area contributed by atoms with E-state index < -0.39 is 5.97 Å². The molecule has 0 radical (unpaired) electrons. The number of thioether (sulfide) groups is 1.